The molecule has 0 spiro atoms. The number of nitrogens with zero attached hydrogens (tertiary/aromatic N) is 1. The fourth-order valence-electron chi connectivity index (χ4n) is 6.28. The number of anilines is 2. The van der Waals surface area contributed by atoms with Crippen molar-refractivity contribution in [1.82, 2.24) is 4.57 Å². The Morgan fingerprint density at radius 3 is 1.62 bits per heavy atom. The van der Waals surface area contributed by atoms with Gasteiger partial charge in [-0.1, -0.05) is 127 Å². The minimum Gasteiger partial charge on any atom is -0.354 e. The minimum absolute atomic E-state index is 1.05. The van der Waals surface area contributed by atoms with Crippen molar-refractivity contribution >= 4 is 44.0 Å². The van der Waals surface area contributed by atoms with Crippen molar-refractivity contribution in [1.29, 1.82) is 0 Å². The Hall–Kier alpha value is -5.60. The molecule has 0 atom stereocenters. The summed E-state index contributed by atoms with van der Waals surface area (Å²) in [6, 6.07) is 58.5. The van der Waals surface area contributed by atoms with E-state index in [1.807, 2.05) is 0 Å². The van der Waals surface area contributed by atoms with E-state index >= 15 is 0 Å². The van der Waals surface area contributed by atoms with E-state index in [-0.39, 0.29) is 0 Å². The van der Waals surface area contributed by atoms with Crippen LogP contribution in [0.2, 0.25) is 0 Å². The Morgan fingerprint density at radius 1 is 0.405 bits per heavy atom. The molecule has 0 aliphatic rings. The third-order valence-electron chi connectivity index (χ3n) is 8.19. The van der Waals surface area contributed by atoms with Crippen molar-refractivity contribution in [3.63, 3.8) is 0 Å². The topological polar surface area (TPSA) is 17.0 Å². The summed E-state index contributed by atoms with van der Waals surface area (Å²) >= 11 is 0. The van der Waals surface area contributed by atoms with Gasteiger partial charge in [-0.3, -0.25) is 0 Å². The maximum Gasteiger partial charge on any atom is 0.0697 e. The minimum atomic E-state index is 1.05. The second kappa shape index (κ2) is 10.1. The molecule has 1 aromatic heterocycles. The second-order valence-corrected chi connectivity index (χ2v) is 10.7. The van der Waals surface area contributed by atoms with Crippen molar-refractivity contribution in [3.05, 3.63) is 164 Å². The first-order valence-corrected chi connectivity index (χ1v) is 14.4. The summed E-state index contributed by atoms with van der Waals surface area (Å²) in [5.41, 5.74) is 10.6. The molecule has 0 aliphatic carbocycles. The molecule has 7 aromatic carbocycles. The molecule has 8 aromatic rings. The molecule has 1 N–H and O–H groups in total. The quantitative estimate of drug-likeness (QED) is 0.231. The van der Waals surface area contributed by atoms with Gasteiger partial charge in [-0.05, 0) is 69.4 Å². The first kappa shape index (κ1) is 24.2. The van der Waals surface area contributed by atoms with Crippen LogP contribution in [0.5, 0.6) is 0 Å². The van der Waals surface area contributed by atoms with Crippen LogP contribution in [0.15, 0.2) is 164 Å². The summed E-state index contributed by atoms with van der Waals surface area (Å²) in [4.78, 5) is 0. The van der Waals surface area contributed by atoms with Crippen molar-refractivity contribution < 1.29 is 0 Å². The van der Waals surface area contributed by atoms with Crippen molar-refractivity contribution in [2.45, 2.75) is 0 Å². The molecule has 1 heterocycles. The highest BCUT2D eigenvalue weighted by Gasteiger charge is 2.15. The molecule has 8 rings (SSSR count). The lowest BCUT2D eigenvalue weighted by Gasteiger charge is -2.16. The Labute approximate surface area is 245 Å². The number of rotatable bonds is 5. The van der Waals surface area contributed by atoms with Crippen molar-refractivity contribution in [2.24, 2.45) is 0 Å². The highest BCUT2D eigenvalue weighted by atomic mass is 15.0. The highest BCUT2D eigenvalue weighted by Crippen LogP contribution is 2.38. The molecule has 0 fully saturated rings. The van der Waals surface area contributed by atoms with Crippen LogP contribution in [-0.4, -0.2) is 4.57 Å². The molecule has 42 heavy (non-hydrogen) atoms. The van der Waals surface area contributed by atoms with Gasteiger partial charge in [-0.25, -0.2) is 0 Å². The number of para-hydroxylation sites is 4. The van der Waals surface area contributed by atoms with Gasteiger partial charge in [0, 0.05) is 16.5 Å². The summed E-state index contributed by atoms with van der Waals surface area (Å²) in [6.45, 7) is 0. The van der Waals surface area contributed by atoms with E-state index < -0.39 is 0 Å². The Balaban J connectivity index is 1.19. The number of nitrogens with one attached hydrogen (secondary N) is 1. The third kappa shape index (κ3) is 4.05. The van der Waals surface area contributed by atoms with Gasteiger partial charge >= 0.3 is 0 Å². The van der Waals surface area contributed by atoms with Gasteiger partial charge < -0.3 is 9.88 Å². The van der Waals surface area contributed by atoms with Crippen molar-refractivity contribution in [2.75, 3.05) is 5.32 Å². The monoisotopic (exact) mass is 536 g/mol. The van der Waals surface area contributed by atoms with E-state index in [0.29, 0.717) is 0 Å². The number of benzene rings is 7. The van der Waals surface area contributed by atoms with Crippen LogP contribution in [0.1, 0.15) is 0 Å². The Bertz CT molecular complexity index is 2150. The number of fused-ring (bicyclic) bond motifs is 4. The fraction of sp³-hybridized carbons (Fsp3) is 0. The van der Waals surface area contributed by atoms with Crippen LogP contribution in [0.25, 0.3) is 60.5 Å². The average Bonchev–Trinajstić information content (AvgIpc) is 3.40. The summed E-state index contributed by atoms with van der Waals surface area (Å²) in [5, 5.41) is 8.77. The molecule has 0 bridgehead atoms. The lowest BCUT2D eigenvalue weighted by atomic mass is 9.91. The van der Waals surface area contributed by atoms with Crippen LogP contribution in [-0.2, 0) is 0 Å². The Morgan fingerprint density at radius 2 is 0.952 bits per heavy atom. The van der Waals surface area contributed by atoms with Gasteiger partial charge in [0.25, 0.3) is 0 Å². The van der Waals surface area contributed by atoms with E-state index in [4.69, 9.17) is 0 Å². The molecular weight excluding hydrogens is 508 g/mol. The van der Waals surface area contributed by atoms with E-state index in [1.165, 1.54) is 54.8 Å². The maximum absolute atomic E-state index is 3.72. The first-order valence-electron chi connectivity index (χ1n) is 14.4. The SMILES string of the molecule is c1ccc(-c2cccc3cccc(-c4ccc(Nc5ccccc5-n5c6ccccc6c6ccccc65)cc4)c23)cc1. The molecular formula is C40H28N2. The van der Waals surface area contributed by atoms with Gasteiger partial charge in [-0.2, -0.15) is 0 Å². The molecule has 0 aliphatic heterocycles. The molecule has 0 unspecified atom stereocenters. The van der Waals surface area contributed by atoms with Crippen LogP contribution < -0.4 is 5.32 Å². The summed E-state index contributed by atoms with van der Waals surface area (Å²) in [5.74, 6) is 0. The van der Waals surface area contributed by atoms with Gasteiger partial charge in [-0.15, -0.1) is 0 Å². The van der Waals surface area contributed by atoms with Crippen LogP contribution in [0.4, 0.5) is 11.4 Å². The molecule has 0 saturated carbocycles. The van der Waals surface area contributed by atoms with Crippen LogP contribution in [0.3, 0.4) is 0 Å². The average molecular weight is 537 g/mol. The molecule has 2 heteroatoms. The van der Waals surface area contributed by atoms with Gasteiger partial charge in [0.1, 0.15) is 0 Å². The summed E-state index contributed by atoms with van der Waals surface area (Å²) < 4.78 is 2.36. The normalized spacial score (nSPS) is 11.3. The van der Waals surface area contributed by atoms with E-state index in [2.05, 4.69) is 174 Å². The molecule has 2 nitrogen and oxygen atoms in total. The fourth-order valence-corrected chi connectivity index (χ4v) is 6.28. The predicted octanol–water partition coefficient (Wildman–Crippen LogP) is 11.0. The zero-order chi connectivity index (χ0) is 27.9. The second-order valence-electron chi connectivity index (χ2n) is 10.7. The van der Waals surface area contributed by atoms with Crippen LogP contribution in [0, 0.1) is 0 Å². The zero-order valence-corrected chi connectivity index (χ0v) is 23.0. The standard InChI is InChI=1S/C40H28N2/c1-2-12-28(13-3-1)32-18-10-14-30-15-11-19-33(40(30)32)29-24-26-31(27-25-29)41-36-20-6-9-23-39(36)42-37-21-7-4-16-34(37)35-17-5-8-22-38(35)42/h1-27,41H. The summed E-state index contributed by atoms with van der Waals surface area (Å²) in [6.07, 6.45) is 0. The van der Waals surface area contributed by atoms with Crippen molar-refractivity contribution in [3.8, 4) is 27.9 Å². The predicted molar refractivity (Wildman–Crippen MR) is 179 cm³/mol. The largest absolute Gasteiger partial charge is 0.354 e. The number of hydrogen-bond donors (Lipinski definition) is 1. The van der Waals surface area contributed by atoms with E-state index in [1.54, 1.807) is 0 Å². The number of hydrogen-bond acceptors (Lipinski definition) is 1. The smallest absolute Gasteiger partial charge is 0.0697 e. The van der Waals surface area contributed by atoms with E-state index in [0.717, 1.165) is 17.1 Å². The Kier molecular flexibility index (Phi) is 5.82. The molecule has 0 radical (unpaired) electrons. The zero-order valence-electron chi connectivity index (χ0n) is 23.0. The highest BCUT2D eigenvalue weighted by molar-refractivity contribution is 6.10. The first-order chi connectivity index (χ1) is 20.8. The number of aromatic nitrogens is 1. The van der Waals surface area contributed by atoms with Gasteiger partial charge in [0.15, 0.2) is 0 Å². The van der Waals surface area contributed by atoms with Gasteiger partial charge in [0.05, 0.1) is 22.4 Å². The third-order valence-corrected chi connectivity index (χ3v) is 8.19. The molecule has 0 saturated heterocycles. The maximum atomic E-state index is 3.72. The van der Waals surface area contributed by atoms with E-state index in [9.17, 15) is 0 Å². The van der Waals surface area contributed by atoms with Crippen LogP contribution >= 0.6 is 0 Å². The summed E-state index contributed by atoms with van der Waals surface area (Å²) in [7, 11) is 0. The lowest BCUT2D eigenvalue weighted by Crippen LogP contribution is -2.00. The molecule has 0 amide bonds. The molecule has 198 valence electrons. The van der Waals surface area contributed by atoms with Gasteiger partial charge in [0.2, 0.25) is 0 Å². The lowest BCUT2D eigenvalue weighted by molar-refractivity contribution is 1.18.